The predicted octanol–water partition coefficient (Wildman–Crippen LogP) is 0.0539. The fourth-order valence-corrected chi connectivity index (χ4v) is 1.68. The molecule has 0 radical (unpaired) electrons. The van der Waals surface area contributed by atoms with Crippen molar-refractivity contribution in [3.8, 4) is 0 Å². The minimum atomic E-state index is 0.0898. The van der Waals surface area contributed by atoms with Gasteiger partial charge in [-0.2, -0.15) is 0 Å². The van der Waals surface area contributed by atoms with Crippen LogP contribution in [0.3, 0.4) is 0 Å². The fraction of sp³-hybridized carbons (Fsp3) is 0.727. The molecular formula is C11H21N3O. The predicted molar refractivity (Wildman–Crippen MR) is 61.5 cm³/mol. The van der Waals surface area contributed by atoms with Crippen LogP contribution in [0.15, 0.2) is 12.2 Å². The number of amides is 1. The van der Waals surface area contributed by atoms with E-state index in [1.54, 1.807) is 6.08 Å². The molecule has 4 nitrogen and oxygen atoms in total. The molecule has 1 rings (SSSR count). The molecule has 1 heterocycles. The first kappa shape index (κ1) is 12.2. The van der Waals surface area contributed by atoms with Crippen LogP contribution < -0.4 is 5.73 Å². The molecule has 1 atom stereocenters. The molecule has 86 valence electrons. The second-order valence-corrected chi connectivity index (χ2v) is 4.35. The number of piperidine rings is 1. The number of nitrogens with zero attached hydrogens (tertiary/aromatic N) is 2. The summed E-state index contributed by atoms with van der Waals surface area (Å²) < 4.78 is 0. The van der Waals surface area contributed by atoms with Gasteiger partial charge in [-0.15, -0.1) is 0 Å². The van der Waals surface area contributed by atoms with E-state index < -0.39 is 0 Å². The van der Waals surface area contributed by atoms with Gasteiger partial charge in [-0.25, -0.2) is 0 Å². The van der Waals surface area contributed by atoms with Crippen molar-refractivity contribution in [2.45, 2.75) is 18.9 Å². The second kappa shape index (κ2) is 5.88. The second-order valence-electron chi connectivity index (χ2n) is 4.35. The normalized spacial score (nSPS) is 22.7. The van der Waals surface area contributed by atoms with E-state index in [-0.39, 0.29) is 11.9 Å². The Morgan fingerprint density at radius 1 is 1.60 bits per heavy atom. The van der Waals surface area contributed by atoms with Crippen LogP contribution in [-0.2, 0) is 4.79 Å². The lowest BCUT2D eigenvalue weighted by Crippen LogP contribution is -2.45. The lowest BCUT2D eigenvalue weighted by molar-refractivity contribution is -0.127. The standard InChI is InChI=1S/C11H21N3O/c1-13(2)7-4-6-11(15)14-8-3-5-10(12)9-14/h4,6,10H,3,5,7-9,12H2,1-2H3/b6-4+. The molecule has 1 unspecified atom stereocenters. The zero-order chi connectivity index (χ0) is 11.3. The van der Waals surface area contributed by atoms with E-state index in [9.17, 15) is 4.79 Å². The van der Waals surface area contributed by atoms with Gasteiger partial charge in [0.05, 0.1) is 0 Å². The summed E-state index contributed by atoms with van der Waals surface area (Å²) in [6.07, 6.45) is 5.60. The third kappa shape index (κ3) is 4.44. The summed E-state index contributed by atoms with van der Waals surface area (Å²) in [4.78, 5) is 15.5. The van der Waals surface area contributed by atoms with Gasteiger partial charge in [0.25, 0.3) is 0 Å². The number of hydrogen-bond donors (Lipinski definition) is 1. The van der Waals surface area contributed by atoms with Crippen molar-refractivity contribution < 1.29 is 4.79 Å². The molecule has 15 heavy (non-hydrogen) atoms. The van der Waals surface area contributed by atoms with Gasteiger partial charge in [-0.05, 0) is 26.9 Å². The summed E-state index contributed by atoms with van der Waals surface area (Å²) in [5.74, 6) is 0.0898. The summed E-state index contributed by atoms with van der Waals surface area (Å²) >= 11 is 0. The Kier molecular flexibility index (Phi) is 4.78. The number of carbonyl (C=O) groups is 1. The van der Waals surface area contributed by atoms with E-state index in [1.807, 2.05) is 30.0 Å². The van der Waals surface area contributed by atoms with Crippen molar-refractivity contribution in [3.05, 3.63) is 12.2 Å². The SMILES string of the molecule is CN(C)C/C=C/C(=O)N1CCCC(N)C1. The maximum Gasteiger partial charge on any atom is 0.246 e. The van der Waals surface area contributed by atoms with Crippen LogP contribution in [0.5, 0.6) is 0 Å². The molecule has 1 amide bonds. The molecule has 1 aliphatic rings. The molecule has 1 fully saturated rings. The Morgan fingerprint density at radius 3 is 2.93 bits per heavy atom. The average Bonchev–Trinajstić information content (AvgIpc) is 2.17. The molecular weight excluding hydrogens is 190 g/mol. The average molecular weight is 211 g/mol. The van der Waals surface area contributed by atoms with Crippen molar-refractivity contribution in [2.24, 2.45) is 5.73 Å². The quantitative estimate of drug-likeness (QED) is 0.671. The summed E-state index contributed by atoms with van der Waals surface area (Å²) in [6, 6.07) is 0.157. The van der Waals surface area contributed by atoms with E-state index in [0.717, 1.165) is 25.9 Å². The Balaban J connectivity index is 2.35. The zero-order valence-electron chi connectivity index (χ0n) is 9.65. The van der Waals surface area contributed by atoms with E-state index >= 15 is 0 Å². The minimum Gasteiger partial charge on any atom is -0.338 e. The third-order valence-corrected chi connectivity index (χ3v) is 2.50. The van der Waals surface area contributed by atoms with Crippen LogP contribution in [0.2, 0.25) is 0 Å². The lowest BCUT2D eigenvalue weighted by atomic mass is 10.1. The fourth-order valence-electron chi connectivity index (χ4n) is 1.68. The number of likely N-dealkylation sites (N-methyl/N-ethyl adjacent to an activating group) is 1. The lowest BCUT2D eigenvalue weighted by Gasteiger charge is -2.29. The molecule has 0 aromatic carbocycles. The largest absolute Gasteiger partial charge is 0.338 e. The Bertz CT molecular complexity index is 238. The number of nitrogens with two attached hydrogens (primary N) is 1. The number of rotatable bonds is 3. The van der Waals surface area contributed by atoms with Gasteiger partial charge in [0.2, 0.25) is 5.91 Å². The number of likely N-dealkylation sites (tertiary alicyclic amines) is 1. The van der Waals surface area contributed by atoms with Crippen molar-refractivity contribution in [1.29, 1.82) is 0 Å². The van der Waals surface area contributed by atoms with Gasteiger partial charge >= 0.3 is 0 Å². The highest BCUT2D eigenvalue weighted by atomic mass is 16.2. The molecule has 0 saturated carbocycles. The first-order chi connectivity index (χ1) is 7.09. The van der Waals surface area contributed by atoms with Crippen molar-refractivity contribution in [3.63, 3.8) is 0 Å². The Hall–Kier alpha value is -0.870. The highest BCUT2D eigenvalue weighted by Gasteiger charge is 2.19. The first-order valence-corrected chi connectivity index (χ1v) is 5.45. The van der Waals surface area contributed by atoms with E-state index in [0.29, 0.717) is 6.54 Å². The summed E-state index contributed by atoms with van der Waals surface area (Å²) in [6.45, 7) is 2.34. The topological polar surface area (TPSA) is 49.6 Å². The summed E-state index contributed by atoms with van der Waals surface area (Å²) in [5.41, 5.74) is 5.81. The maximum atomic E-state index is 11.7. The smallest absolute Gasteiger partial charge is 0.246 e. The van der Waals surface area contributed by atoms with E-state index in [1.165, 1.54) is 0 Å². The monoisotopic (exact) mass is 211 g/mol. The van der Waals surface area contributed by atoms with E-state index in [4.69, 9.17) is 5.73 Å². The van der Waals surface area contributed by atoms with Crippen LogP contribution >= 0.6 is 0 Å². The third-order valence-electron chi connectivity index (χ3n) is 2.50. The van der Waals surface area contributed by atoms with Crippen LogP contribution in [0.1, 0.15) is 12.8 Å². The zero-order valence-corrected chi connectivity index (χ0v) is 9.65. The van der Waals surface area contributed by atoms with Gasteiger partial charge in [-0.3, -0.25) is 4.79 Å². The minimum absolute atomic E-state index is 0.0898. The summed E-state index contributed by atoms with van der Waals surface area (Å²) in [5, 5.41) is 0. The summed E-state index contributed by atoms with van der Waals surface area (Å²) in [7, 11) is 3.96. The van der Waals surface area contributed by atoms with Crippen molar-refractivity contribution >= 4 is 5.91 Å². The maximum absolute atomic E-state index is 11.7. The number of hydrogen-bond acceptors (Lipinski definition) is 3. The van der Waals surface area contributed by atoms with Crippen LogP contribution in [0, 0.1) is 0 Å². The van der Waals surface area contributed by atoms with Gasteiger partial charge in [-0.1, -0.05) is 6.08 Å². The Labute approximate surface area is 91.7 Å². The van der Waals surface area contributed by atoms with Gasteiger partial charge in [0.15, 0.2) is 0 Å². The van der Waals surface area contributed by atoms with E-state index in [2.05, 4.69) is 0 Å². The van der Waals surface area contributed by atoms with Crippen LogP contribution in [-0.4, -0.2) is 55.5 Å². The van der Waals surface area contributed by atoms with Crippen LogP contribution in [0.25, 0.3) is 0 Å². The van der Waals surface area contributed by atoms with Gasteiger partial charge in [0.1, 0.15) is 0 Å². The molecule has 4 heteroatoms. The van der Waals surface area contributed by atoms with Crippen molar-refractivity contribution in [1.82, 2.24) is 9.80 Å². The molecule has 0 aromatic rings. The molecule has 0 bridgehead atoms. The molecule has 1 aliphatic heterocycles. The highest BCUT2D eigenvalue weighted by molar-refractivity contribution is 5.87. The molecule has 0 spiro atoms. The van der Waals surface area contributed by atoms with Gasteiger partial charge < -0.3 is 15.5 Å². The highest BCUT2D eigenvalue weighted by Crippen LogP contribution is 2.08. The van der Waals surface area contributed by atoms with Gasteiger partial charge in [0, 0.05) is 31.8 Å². The number of carbonyl (C=O) groups excluding carboxylic acids is 1. The molecule has 0 aliphatic carbocycles. The molecule has 1 saturated heterocycles. The first-order valence-electron chi connectivity index (χ1n) is 5.45. The Morgan fingerprint density at radius 2 is 2.33 bits per heavy atom. The molecule has 0 aromatic heterocycles. The van der Waals surface area contributed by atoms with Crippen LogP contribution in [0.4, 0.5) is 0 Å². The molecule has 2 N–H and O–H groups in total. The van der Waals surface area contributed by atoms with Crippen molar-refractivity contribution in [2.75, 3.05) is 33.7 Å².